The van der Waals surface area contributed by atoms with Crippen LogP contribution in [0, 0.1) is 5.92 Å². The Morgan fingerprint density at radius 1 is 0.886 bits per heavy atom. The maximum Gasteiger partial charge on any atom is 0.264 e. The molecule has 8 heteroatoms. The molecule has 7 nitrogen and oxygen atoms in total. The standard InChI is InChI=1S/C27H31N3O4S/c1-4-21-12-8-11-17-25(21)30(35(33,34)22-13-6-5-7-14-22)19-26(31)29-24-16-10-9-15-23(24)27(32)28-18-20(2)3/h5-17,20H,4,18-19H2,1-3H3,(H,28,32)(H,29,31). The molecular weight excluding hydrogens is 462 g/mol. The van der Waals surface area contributed by atoms with Crippen molar-refractivity contribution in [1.82, 2.24) is 5.32 Å². The Morgan fingerprint density at radius 2 is 1.51 bits per heavy atom. The number of carbonyl (C=O) groups excluding carboxylic acids is 2. The van der Waals surface area contributed by atoms with Crippen LogP contribution in [-0.2, 0) is 21.2 Å². The minimum Gasteiger partial charge on any atom is -0.352 e. The number of hydrogen-bond acceptors (Lipinski definition) is 4. The third-order valence-electron chi connectivity index (χ3n) is 5.38. The van der Waals surface area contributed by atoms with E-state index < -0.39 is 22.5 Å². The zero-order chi connectivity index (χ0) is 25.4. The molecule has 2 amide bonds. The number of aryl methyl sites for hydroxylation is 1. The molecule has 0 bridgehead atoms. The minimum atomic E-state index is -4.03. The molecule has 0 aromatic heterocycles. The zero-order valence-electron chi connectivity index (χ0n) is 20.2. The lowest BCUT2D eigenvalue weighted by molar-refractivity contribution is -0.114. The van der Waals surface area contributed by atoms with Crippen LogP contribution in [-0.4, -0.2) is 33.3 Å². The topological polar surface area (TPSA) is 95.6 Å². The summed E-state index contributed by atoms with van der Waals surface area (Å²) in [7, 11) is -4.03. The summed E-state index contributed by atoms with van der Waals surface area (Å²) in [6.45, 7) is 5.96. The van der Waals surface area contributed by atoms with Crippen LogP contribution in [0.15, 0.2) is 83.8 Å². The lowest BCUT2D eigenvalue weighted by atomic mass is 10.1. The average Bonchev–Trinajstić information content (AvgIpc) is 2.86. The third kappa shape index (κ3) is 6.48. The summed E-state index contributed by atoms with van der Waals surface area (Å²) in [6.07, 6.45) is 0.595. The van der Waals surface area contributed by atoms with Crippen molar-refractivity contribution < 1.29 is 18.0 Å². The van der Waals surface area contributed by atoms with Crippen LogP contribution in [0.4, 0.5) is 11.4 Å². The van der Waals surface area contributed by atoms with E-state index in [-0.39, 0.29) is 16.7 Å². The van der Waals surface area contributed by atoms with E-state index in [0.29, 0.717) is 29.9 Å². The highest BCUT2D eigenvalue weighted by molar-refractivity contribution is 7.92. The molecule has 0 unspecified atom stereocenters. The van der Waals surface area contributed by atoms with Gasteiger partial charge in [-0.1, -0.05) is 69.3 Å². The maximum atomic E-state index is 13.6. The molecule has 0 saturated carbocycles. The largest absolute Gasteiger partial charge is 0.352 e. The second-order valence-corrected chi connectivity index (χ2v) is 10.4. The molecule has 2 N–H and O–H groups in total. The fraction of sp³-hybridized carbons (Fsp3) is 0.259. The fourth-order valence-corrected chi connectivity index (χ4v) is 5.05. The predicted octanol–water partition coefficient (Wildman–Crippen LogP) is 4.47. The van der Waals surface area contributed by atoms with Gasteiger partial charge in [0.25, 0.3) is 15.9 Å². The van der Waals surface area contributed by atoms with Crippen molar-refractivity contribution >= 4 is 33.2 Å². The Kier molecular flexibility index (Phi) is 8.65. The summed E-state index contributed by atoms with van der Waals surface area (Å²) < 4.78 is 28.3. The van der Waals surface area contributed by atoms with Crippen molar-refractivity contribution in [2.75, 3.05) is 22.7 Å². The number of anilines is 2. The molecule has 0 atom stereocenters. The highest BCUT2D eigenvalue weighted by Gasteiger charge is 2.28. The molecule has 0 fully saturated rings. The first-order valence-corrected chi connectivity index (χ1v) is 13.0. The van der Waals surface area contributed by atoms with Gasteiger partial charge in [0, 0.05) is 6.54 Å². The highest BCUT2D eigenvalue weighted by atomic mass is 32.2. The molecule has 184 valence electrons. The molecule has 3 aromatic carbocycles. The van der Waals surface area contributed by atoms with E-state index in [2.05, 4.69) is 10.6 Å². The van der Waals surface area contributed by atoms with Gasteiger partial charge in [0.05, 0.1) is 21.8 Å². The number of nitrogens with zero attached hydrogens (tertiary/aromatic N) is 1. The highest BCUT2D eigenvalue weighted by Crippen LogP contribution is 2.28. The monoisotopic (exact) mass is 493 g/mol. The van der Waals surface area contributed by atoms with Gasteiger partial charge in [-0.15, -0.1) is 0 Å². The van der Waals surface area contributed by atoms with E-state index >= 15 is 0 Å². The van der Waals surface area contributed by atoms with Crippen LogP contribution in [0.2, 0.25) is 0 Å². The van der Waals surface area contributed by atoms with Crippen molar-refractivity contribution in [2.24, 2.45) is 5.92 Å². The molecule has 0 aliphatic carbocycles. The molecule has 0 spiro atoms. The van der Waals surface area contributed by atoms with Gasteiger partial charge in [-0.05, 0) is 48.2 Å². The normalized spacial score (nSPS) is 11.2. The Labute approximate surface area is 207 Å². The third-order valence-corrected chi connectivity index (χ3v) is 7.15. The number of nitrogens with one attached hydrogen (secondary N) is 2. The summed E-state index contributed by atoms with van der Waals surface area (Å²) in [6, 6.07) is 21.8. The van der Waals surface area contributed by atoms with Gasteiger partial charge < -0.3 is 10.6 Å². The molecule has 0 radical (unpaired) electrons. The maximum absolute atomic E-state index is 13.6. The number of amides is 2. The van der Waals surface area contributed by atoms with Crippen molar-refractivity contribution in [2.45, 2.75) is 32.1 Å². The van der Waals surface area contributed by atoms with Crippen molar-refractivity contribution in [3.8, 4) is 0 Å². The first-order valence-electron chi connectivity index (χ1n) is 11.6. The summed E-state index contributed by atoms with van der Waals surface area (Å²) >= 11 is 0. The van der Waals surface area contributed by atoms with Crippen molar-refractivity contribution in [3.63, 3.8) is 0 Å². The van der Waals surface area contributed by atoms with Gasteiger partial charge in [-0.3, -0.25) is 13.9 Å². The van der Waals surface area contributed by atoms with Crippen molar-refractivity contribution in [3.05, 3.63) is 90.0 Å². The summed E-state index contributed by atoms with van der Waals surface area (Å²) in [5.74, 6) is -0.588. The quantitative estimate of drug-likeness (QED) is 0.436. The van der Waals surface area contributed by atoms with Gasteiger partial charge in [0.1, 0.15) is 6.54 Å². The first kappa shape index (κ1) is 26.0. The molecule has 0 aliphatic heterocycles. The SMILES string of the molecule is CCc1ccccc1N(CC(=O)Nc1ccccc1C(=O)NCC(C)C)S(=O)(=O)c1ccccc1. The lowest BCUT2D eigenvalue weighted by Crippen LogP contribution is -2.39. The lowest BCUT2D eigenvalue weighted by Gasteiger charge is -2.26. The van der Waals surface area contributed by atoms with E-state index in [0.717, 1.165) is 9.87 Å². The number of carbonyl (C=O) groups is 2. The second kappa shape index (κ2) is 11.7. The van der Waals surface area contributed by atoms with E-state index in [1.807, 2.05) is 32.9 Å². The molecule has 0 aliphatic rings. The van der Waals surface area contributed by atoms with Crippen molar-refractivity contribution in [1.29, 1.82) is 0 Å². The van der Waals surface area contributed by atoms with Gasteiger partial charge in [0.2, 0.25) is 5.91 Å². The van der Waals surface area contributed by atoms with Crippen LogP contribution in [0.25, 0.3) is 0 Å². The van der Waals surface area contributed by atoms with Crippen LogP contribution in [0.1, 0.15) is 36.7 Å². The Morgan fingerprint density at radius 3 is 2.20 bits per heavy atom. The predicted molar refractivity (Wildman–Crippen MR) is 139 cm³/mol. The molecule has 3 aromatic rings. The van der Waals surface area contributed by atoms with Crippen LogP contribution >= 0.6 is 0 Å². The van der Waals surface area contributed by atoms with Gasteiger partial charge in [0.15, 0.2) is 0 Å². The zero-order valence-corrected chi connectivity index (χ0v) is 21.0. The van der Waals surface area contributed by atoms with Gasteiger partial charge in [-0.2, -0.15) is 0 Å². The average molecular weight is 494 g/mol. The summed E-state index contributed by atoms with van der Waals surface area (Å²) in [5, 5.41) is 5.58. The minimum absolute atomic E-state index is 0.0900. The smallest absolute Gasteiger partial charge is 0.264 e. The van der Waals surface area contributed by atoms with Gasteiger partial charge in [-0.25, -0.2) is 8.42 Å². The van der Waals surface area contributed by atoms with Crippen LogP contribution in [0.5, 0.6) is 0 Å². The number of para-hydroxylation sites is 2. The Balaban J connectivity index is 1.92. The molecule has 3 rings (SSSR count). The van der Waals surface area contributed by atoms with E-state index in [4.69, 9.17) is 0 Å². The van der Waals surface area contributed by atoms with Crippen LogP contribution < -0.4 is 14.9 Å². The molecule has 0 saturated heterocycles. The number of rotatable bonds is 10. The van der Waals surface area contributed by atoms with E-state index in [1.54, 1.807) is 54.6 Å². The Hall–Kier alpha value is -3.65. The Bertz CT molecular complexity index is 1270. The van der Waals surface area contributed by atoms with E-state index in [1.165, 1.54) is 12.1 Å². The first-order chi connectivity index (χ1) is 16.7. The second-order valence-electron chi connectivity index (χ2n) is 8.50. The number of hydrogen-bond donors (Lipinski definition) is 2. The molecule has 35 heavy (non-hydrogen) atoms. The van der Waals surface area contributed by atoms with Crippen LogP contribution in [0.3, 0.4) is 0 Å². The fourth-order valence-electron chi connectivity index (χ4n) is 3.57. The number of benzene rings is 3. The number of sulfonamides is 1. The molecular formula is C27H31N3O4S. The summed E-state index contributed by atoms with van der Waals surface area (Å²) in [4.78, 5) is 25.9. The van der Waals surface area contributed by atoms with Gasteiger partial charge >= 0.3 is 0 Å². The molecule has 0 heterocycles. The van der Waals surface area contributed by atoms with E-state index in [9.17, 15) is 18.0 Å². The summed E-state index contributed by atoms with van der Waals surface area (Å²) in [5.41, 5.74) is 1.87.